The van der Waals surface area contributed by atoms with E-state index in [4.69, 9.17) is 0 Å². The Morgan fingerprint density at radius 2 is 1.90 bits per heavy atom. The average Bonchev–Trinajstić information content (AvgIpc) is 3.26. The lowest BCUT2D eigenvalue weighted by Gasteiger charge is -2.47. The Balaban J connectivity index is 1.83. The first-order chi connectivity index (χ1) is 9.44. The summed E-state index contributed by atoms with van der Waals surface area (Å²) in [6.07, 6.45) is 5.79. The van der Waals surface area contributed by atoms with Gasteiger partial charge < -0.3 is 10.2 Å². The summed E-state index contributed by atoms with van der Waals surface area (Å²) in [5.74, 6) is 1.50. The molecular weight excluding hydrogens is 252 g/mol. The normalized spacial score (nSPS) is 34.6. The zero-order valence-electron chi connectivity index (χ0n) is 12.8. The summed E-state index contributed by atoms with van der Waals surface area (Å²) in [6, 6.07) is -0.339. The van der Waals surface area contributed by atoms with Crippen LogP contribution < -0.4 is 5.32 Å². The van der Waals surface area contributed by atoms with Crippen molar-refractivity contribution in [2.24, 2.45) is 17.8 Å². The van der Waals surface area contributed by atoms with Crippen molar-refractivity contribution in [2.45, 2.75) is 64.5 Å². The van der Waals surface area contributed by atoms with Crippen molar-refractivity contribution in [3.8, 4) is 0 Å². The summed E-state index contributed by atoms with van der Waals surface area (Å²) in [4.78, 5) is 27.4. The minimum Gasteiger partial charge on any atom is -0.342 e. The number of hydrogen-bond acceptors (Lipinski definition) is 2. The van der Waals surface area contributed by atoms with Gasteiger partial charge in [0.2, 0.25) is 11.8 Å². The van der Waals surface area contributed by atoms with Crippen molar-refractivity contribution in [1.29, 1.82) is 0 Å². The van der Waals surface area contributed by atoms with Crippen molar-refractivity contribution in [2.75, 3.05) is 6.54 Å². The van der Waals surface area contributed by atoms with E-state index < -0.39 is 5.54 Å². The van der Waals surface area contributed by atoms with Crippen LogP contribution in [0.2, 0.25) is 0 Å². The van der Waals surface area contributed by atoms with Crippen molar-refractivity contribution in [3.05, 3.63) is 0 Å². The van der Waals surface area contributed by atoms with Gasteiger partial charge in [0.1, 0.15) is 11.6 Å². The van der Waals surface area contributed by atoms with Gasteiger partial charge in [0, 0.05) is 6.54 Å². The van der Waals surface area contributed by atoms with Crippen LogP contribution in [0.5, 0.6) is 0 Å². The Kier molecular flexibility index (Phi) is 3.30. The minimum atomic E-state index is -0.600. The lowest BCUT2D eigenvalue weighted by molar-refractivity contribution is -0.159. The van der Waals surface area contributed by atoms with Gasteiger partial charge in [-0.1, -0.05) is 26.7 Å². The highest BCUT2D eigenvalue weighted by Crippen LogP contribution is 2.45. The fourth-order valence-corrected chi connectivity index (χ4v) is 3.43. The molecule has 2 atom stereocenters. The second kappa shape index (κ2) is 4.74. The van der Waals surface area contributed by atoms with E-state index in [2.05, 4.69) is 5.32 Å². The zero-order chi connectivity index (χ0) is 14.5. The number of carbonyl (C=O) groups excluding carboxylic acids is 2. The fraction of sp³-hybridized carbons (Fsp3) is 0.875. The summed E-state index contributed by atoms with van der Waals surface area (Å²) in [7, 11) is 0. The smallest absolute Gasteiger partial charge is 0.246 e. The van der Waals surface area contributed by atoms with Gasteiger partial charge in [0.15, 0.2) is 0 Å². The summed E-state index contributed by atoms with van der Waals surface area (Å²) in [5, 5.41) is 2.98. The number of amides is 2. The summed E-state index contributed by atoms with van der Waals surface area (Å²) < 4.78 is 0. The SMILES string of the molecule is CC(C)C1NC(=O)C(C)(C2CC2)N(CCC2CC2)C1=O. The summed E-state index contributed by atoms with van der Waals surface area (Å²) >= 11 is 0. The van der Waals surface area contributed by atoms with Crippen LogP contribution in [-0.2, 0) is 9.59 Å². The highest BCUT2D eigenvalue weighted by molar-refractivity contribution is 6.00. The number of piperazine rings is 1. The number of carbonyl (C=O) groups is 2. The quantitative estimate of drug-likeness (QED) is 0.835. The Morgan fingerprint density at radius 1 is 1.25 bits per heavy atom. The molecule has 3 fully saturated rings. The minimum absolute atomic E-state index is 0.0640. The van der Waals surface area contributed by atoms with E-state index >= 15 is 0 Å². The largest absolute Gasteiger partial charge is 0.342 e. The molecule has 3 aliphatic rings. The first-order valence-corrected chi connectivity index (χ1v) is 8.07. The molecule has 112 valence electrons. The maximum Gasteiger partial charge on any atom is 0.246 e. The molecule has 1 N–H and O–H groups in total. The number of rotatable bonds is 5. The molecule has 2 saturated carbocycles. The van der Waals surface area contributed by atoms with Crippen molar-refractivity contribution < 1.29 is 9.59 Å². The average molecular weight is 278 g/mol. The van der Waals surface area contributed by atoms with Gasteiger partial charge in [-0.15, -0.1) is 0 Å². The third-order valence-corrected chi connectivity index (χ3v) is 5.34. The van der Waals surface area contributed by atoms with Gasteiger partial charge in [0.05, 0.1) is 0 Å². The predicted octanol–water partition coefficient (Wildman–Crippen LogP) is 1.94. The molecule has 2 amide bonds. The number of nitrogens with one attached hydrogen (secondary N) is 1. The van der Waals surface area contributed by atoms with E-state index in [0.29, 0.717) is 5.92 Å². The van der Waals surface area contributed by atoms with E-state index in [1.165, 1.54) is 12.8 Å². The Labute approximate surface area is 121 Å². The van der Waals surface area contributed by atoms with Crippen molar-refractivity contribution in [3.63, 3.8) is 0 Å². The third-order valence-electron chi connectivity index (χ3n) is 5.34. The van der Waals surface area contributed by atoms with Gasteiger partial charge in [-0.25, -0.2) is 0 Å². The van der Waals surface area contributed by atoms with Crippen LogP contribution in [0.3, 0.4) is 0 Å². The molecular formula is C16H26N2O2. The molecule has 2 unspecified atom stereocenters. The van der Waals surface area contributed by atoms with E-state index in [0.717, 1.165) is 31.7 Å². The van der Waals surface area contributed by atoms with E-state index in [1.807, 2.05) is 25.7 Å². The first-order valence-electron chi connectivity index (χ1n) is 8.07. The molecule has 4 heteroatoms. The molecule has 0 aromatic heterocycles. The topological polar surface area (TPSA) is 49.4 Å². The predicted molar refractivity (Wildman–Crippen MR) is 77.0 cm³/mol. The second-order valence-corrected chi connectivity index (χ2v) is 7.34. The first kappa shape index (κ1) is 13.9. The number of nitrogens with zero attached hydrogens (tertiary/aromatic N) is 1. The second-order valence-electron chi connectivity index (χ2n) is 7.34. The zero-order valence-corrected chi connectivity index (χ0v) is 12.8. The summed E-state index contributed by atoms with van der Waals surface area (Å²) in [6.45, 7) is 6.73. The Morgan fingerprint density at radius 3 is 2.40 bits per heavy atom. The maximum absolute atomic E-state index is 12.8. The van der Waals surface area contributed by atoms with E-state index in [1.54, 1.807) is 0 Å². The molecule has 1 saturated heterocycles. The molecule has 1 aliphatic heterocycles. The molecule has 3 rings (SSSR count). The molecule has 0 aromatic rings. The monoisotopic (exact) mass is 278 g/mol. The maximum atomic E-state index is 12.8. The van der Waals surface area contributed by atoms with Crippen LogP contribution in [0.15, 0.2) is 0 Å². The number of hydrogen-bond donors (Lipinski definition) is 1. The van der Waals surface area contributed by atoms with Crippen LogP contribution in [0.4, 0.5) is 0 Å². The molecule has 0 aromatic carbocycles. The van der Waals surface area contributed by atoms with Crippen LogP contribution in [0, 0.1) is 17.8 Å². The Hall–Kier alpha value is -1.06. The van der Waals surface area contributed by atoms with Crippen LogP contribution in [0.1, 0.15) is 52.9 Å². The molecule has 0 bridgehead atoms. The van der Waals surface area contributed by atoms with Crippen molar-refractivity contribution >= 4 is 11.8 Å². The highest BCUT2D eigenvalue weighted by Gasteiger charge is 2.57. The lowest BCUT2D eigenvalue weighted by Crippen LogP contribution is -2.71. The van der Waals surface area contributed by atoms with Gasteiger partial charge in [-0.2, -0.15) is 0 Å². The van der Waals surface area contributed by atoms with Gasteiger partial charge in [-0.3, -0.25) is 9.59 Å². The van der Waals surface area contributed by atoms with E-state index in [9.17, 15) is 9.59 Å². The fourth-order valence-electron chi connectivity index (χ4n) is 3.43. The standard InChI is InChI=1S/C16H26N2O2/c1-10(2)13-14(19)18(9-8-11-4-5-11)16(3,12-6-7-12)15(20)17-13/h10-13H,4-9H2,1-3H3,(H,17,20). The van der Waals surface area contributed by atoms with Gasteiger partial charge in [0.25, 0.3) is 0 Å². The molecule has 0 radical (unpaired) electrons. The van der Waals surface area contributed by atoms with Crippen LogP contribution >= 0.6 is 0 Å². The highest BCUT2D eigenvalue weighted by atomic mass is 16.2. The molecule has 2 aliphatic carbocycles. The third kappa shape index (κ3) is 2.23. The Bertz CT molecular complexity index is 426. The van der Waals surface area contributed by atoms with Gasteiger partial charge >= 0.3 is 0 Å². The van der Waals surface area contributed by atoms with Crippen LogP contribution in [0.25, 0.3) is 0 Å². The molecule has 0 spiro atoms. The lowest BCUT2D eigenvalue weighted by atomic mass is 9.85. The summed E-state index contributed by atoms with van der Waals surface area (Å²) in [5.41, 5.74) is -0.600. The van der Waals surface area contributed by atoms with Crippen molar-refractivity contribution in [1.82, 2.24) is 10.2 Å². The van der Waals surface area contributed by atoms with E-state index in [-0.39, 0.29) is 23.8 Å². The molecule has 20 heavy (non-hydrogen) atoms. The molecule has 1 heterocycles. The van der Waals surface area contributed by atoms with Crippen LogP contribution in [-0.4, -0.2) is 34.8 Å². The molecule has 4 nitrogen and oxygen atoms in total. The van der Waals surface area contributed by atoms with Gasteiger partial charge in [-0.05, 0) is 43.9 Å².